The van der Waals surface area contributed by atoms with E-state index in [2.05, 4.69) is 9.47 Å². The summed E-state index contributed by atoms with van der Waals surface area (Å²) in [4.78, 5) is 0. The van der Waals surface area contributed by atoms with Gasteiger partial charge >= 0.3 is 17.8 Å². The number of alkyl halides is 6. The molecule has 0 spiro atoms. The Morgan fingerprint density at radius 1 is 0.581 bits per heavy atom. The molecule has 8 heteroatoms. The fourth-order valence-electron chi connectivity index (χ4n) is 2.84. The third kappa shape index (κ3) is 4.47. The van der Waals surface area contributed by atoms with Crippen molar-refractivity contribution in [3.63, 3.8) is 0 Å². The first kappa shape index (κ1) is 22.5. The fourth-order valence-corrected chi connectivity index (χ4v) is 2.84. The maximum absolute atomic E-state index is 14.1. The quantitative estimate of drug-likeness (QED) is 0.432. The van der Waals surface area contributed by atoms with Crippen LogP contribution < -0.4 is 0 Å². The topological polar surface area (TPSA) is 18.5 Å². The van der Waals surface area contributed by atoms with Crippen molar-refractivity contribution in [1.82, 2.24) is 0 Å². The monoisotopic (exact) mass is 440 g/mol. The molecule has 0 heterocycles. The molecule has 0 unspecified atom stereocenters. The first-order valence-corrected chi connectivity index (χ1v) is 9.25. The Balaban J connectivity index is 1.77. The molecule has 1 aliphatic rings. The second kappa shape index (κ2) is 8.91. The Bertz CT molecular complexity index is 889. The van der Waals surface area contributed by atoms with Gasteiger partial charge in [0.25, 0.3) is 0 Å². The van der Waals surface area contributed by atoms with Gasteiger partial charge < -0.3 is 9.47 Å². The van der Waals surface area contributed by atoms with E-state index in [9.17, 15) is 26.3 Å². The second-order valence-corrected chi connectivity index (χ2v) is 6.63. The van der Waals surface area contributed by atoms with Gasteiger partial charge in [0.05, 0.1) is 0 Å². The van der Waals surface area contributed by atoms with Gasteiger partial charge in [-0.15, -0.1) is 0 Å². The van der Waals surface area contributed by atoms with Gasteiger partial charge in [-0.1, -0.05) is 72.8 Å². The van der Waals surface area contributed by atoms with Crippen molar-refractivity contribution < 1.29 is 35.8 Å². The van der Waals surface area contributed by atoms with Crippen LogP contribution in [0.1, 0.15) is 11.1 Å². The summed E-state index contributed by atoms with van der Waals surface area (Å²) in [7, 11) is 0. The predicted molar refractivity (Wildman–Crippen MR) is 105 cm³/mol. The smallest absolute Gasteiger partial charge is 0.387 e. The average molecular weight is 440 g/mol. The molecule has 0 saturated heterocycles. The molecule has 2 nitrogen and oxygen atoms in total. The Hall–Kier alpha value is -3.16. The molecule has 0 fully saturated rings. The van der Waals surface area contributed by atoms with Crippen LogP contribution in [0.4, 0.5) is 26.3 Å². The van der Waals surface area contributed by atoms with Crippen LogP contribution in [0.3, 0.4) is 0 Å². The summed E-state index contributed by atoms with van der Waals surface area (Å²) in [5.74, 6) is -19.9. The molecular weight excluding hydrogens is 422 g/mol. The van der Waals surface area contributed by atoms with Gasteiger partial charge in [-0.05, 0) is 23.3 Å². The molecule has 2 aromatic rings. The summed E-state index contributed by atoms with van der Waals surface area (Å²) >= 11 is 0. The van der Waals surface area contributed by atoms with Crippen molar-refractivity contribution in [2.75, 3.05) is 13.2 Å². The van der Waals surface area contributed by atoms with Crippen molar-refractivity contribution in [3.05, 3.63) is 95.5 Å². The predicted octanol–water partition coefficient (Wildman–Crippen LogP) is 6.58. The molecule has 3 rings (SSSR count). The minimum atomic E-state index is -5.68. The molecule has 1 aliphatic carbocycles. The normalized spacial score (nSPS) is 19.3. The Morgan fingerprint density at radius 3 is 1.29 bits per heavy atom. The van der Waals surface area contributed by atoms with Crippen LogP contribution in [-0.4, -0.2) is 31.0 Å². The number of hydrogen-bond donors (Lipinski definition) is 0. The molecule has 0 bridgehead atoms. The van der Waals surface area contributed by atoms with E-state index >= 15 is 0 Å². The zero-order valence-electron chi connectivity index (χ0n) is 16.1. The Labute approximate surface area is 175 Å². The van der Waals surface area contributed by atoms with E-state index in [4.69, 9.17) is 0 Å². The van der Waals surface area contributed by atoms with E-state index in [1.165, 1.54) is 24.3 Å². The molecule has 0 amide bonds. The largest absolute Gasteiger partial charge is 0.484 e. The molecule has 0 N–H and O–H groups in total. The summed E-state index contributed by atoms with van der Waals surface area (Å²) in [5.41, 5.74) is 1.38. The van der Waals surface area contributed by atoms with Gasteiger partial charge in [0.15, 0.2) is 0 Å². The number of ether oxygens (including phenoxy) is 2. The minimum absolute atomic E-state index is 0.626. The number of halogens is 6. The Morgan fingerprint density at radius 2 is 0.935 bits per heavy atom. The van der Waals surface area contributed by atoms with E-state index in [0.29, 0.717) is 11.1 Å². The molecule has 2 aromatic carbocycles. The van der Waals surface area contributed by atoms with E-state index in [1.54, 1.807) is 60.7 Å². The van der Waals surface area contributed by atoms with Crippen LogP contribution in [0.25, 0.3) is 12.2 Å². The van der Waals surface area contributed by atoms with Crippen molar-refractivity contribution in [2.24, 2.45) is 0 Å². The summed E-state index contributed by atoms with van der Waals surface area (Å²) in [6.07, 6.45) is 5.46. The average Bonchev–Trinajstić information content (AvgIpc) is 2.84. The van der Waals surface area contributed by atoms with Crippen LogP contribution in [0.5, 0.6) is 0 Å². The van der Waals surface area contributed by atoms with E-state index in [0.717, 1.165) is 0 Å². The lowest BCUT2D eigenvalue weighted by molar-refractivity contribution is -0.276. The van der Waals surface area contributed by atoms with Gasteiger partial charge in [0.2, 0.25) is 11.5 Å². The summed E-state index contributed by atoms with van der Waals surface area (Å²) < 4.78 is 93.5. The number of allylic oxidation sites excluding steroid dienone is 2. The van der Waals surface area contributed by atoms with Crippen molar-refractivity contribution in [2.45, 2.75) is 17.8 Å². The van der Waals surface area contributed by atoms with Crippen LogP contribution in [0.15, 0.2) is 84.3 Å². The highest BCUT2D eigenvalue weighted by Gasteiger charge is 2.83. The zero-order chi connectivity index (χ0) is 22.5. The summed E-state index contributed by atoms with van der Waals surface area (Å²) in [6, 6.07) is 17.2. The highest BCUT2D eigenvalue weighted by atomic mass is 19.3. The maximum atomic E-state index is 14.1. The van der Waals surface area contributed by atoms with E-state index in [1.807, 2.05) is 0 Å². The van der Waals surface area contributed by atoms with Crippen LogP contribution in [0.2, 0.25) is 0 Å². The first-order valence-electron chi connectivity index (χ1n) is 9.25. The molecule has 31 heavy (non-hydrogen) atoms. The van der Waals surface area contributed by atoms with Gasteiger partial charge in [-0.25, -0.2) is 0 Å². The highest BCUT2D eigenvalue weighted by molar-refractivity contribution is 5.49. The summed E-state index contributed by atoms with van der Waals surface area (Å²) in [5, 5.41) is 0. The summed E-state index contributed by atoms with van der Waals surface area (Å²) in [6.45, 7) is -1.25. The lowest BCUT2D eigenvalue weighted by Crippen LogP contribution is -2.49. The van der Waals surface area contributed by atoms with Crippen molar-refractivity contribution in [3.8, 4) is 0 Å². The lowest BCUT2D eigenvalue weighted by Gasteiger charge is -2.24. The molecule has 0 radical (unpaired) electrons. The maximum Gasteiger partial charge on any atom is 0.387 e. The van der Waals surface area contributed by atoms with Crippen LogP contribution >= 0.6 is 0 Å². The van der Waals surface area contributed by atoms with Crippen molar-refractivity contribution in [1.29, 1.82) is 0 Å². The molecule has 0 saturated carbocycles. The van der Waals surface area contributed by atoms with Crippen LogP contribution in [-0.2, 0) is 9.47 Å². The number of benzene rings is 2. The van der Waals surface area contributed by atoms with E-state index < -0.39 is 42.5 Å². The van der Waals surface area contributed by atoms with Crippen molar-refractivity contribution >= 4 is 12.2 Å². The SMILES string of the molecule is FC1(F)C(OCC=Cc2ccccc2)=C(OCC=Cc2ccccc2)C(F)(F)C1(F)F. The number of rotatable bonds is 8. The Kier molecular flexibility index (Phi) is 6.48. The standard InChI is InChI=1S/C23H18F6O2/c24-21(25)19(30-15-7-13-17-9-3-1-4-10-17)20(22(26,27)23(21,28)29)31-16-8-14-18-11-5-2-6-12-18/h1-14H,15-16H2. The minimum Gasteiger partial charge on any atom is -0.484 e. The lowest BCUT2D eigenvalue weighted by atomic mass is 10.1. The van der Waals surface area contributed by atoms with Gasteiger partial charge in [0.1, 0.15) is 13.2 Å². The van der Waals surface area contributed by atoms with Gasteiger partial charge in [-0.3, -0.25) is 0 Å². The first-order chi connectivity index (χ1) is 14.7. The third-order valence-electron chi connectivity index (χ3n) is 4.43. The third-order valence-corrected chi connectivity index (χ3v) is 4.43. The zero-order valence-corrected chi connectivity index (χ0v) is 16.1. The molecule has 0 aromatic heterocycles. The van der Waals surface area contributed by atoms with Crippen LogP contribution in [0, 0.1) is 0 Å². The second-order valence-electron chi connectivity index (χ2n) is 6.63. The fraction of sp³-hybridized carbons (Fsp3) is 0.217. The number of hydrogen-bond acceptors (Lipinski definition) is 2. The molecule has 0 aliphatic heterocycles. The van der Waals surface area contributed by atoms with Gasteiger partial charge in [-0.2, -0.15) is 26.3 Å². The highest BCUT2D eigenvalue weighted by Crippen LogP contribution is 2.59. The molecular formula is C23H18F6O2. The molecule has 164 valence electrons. The molecule has 0 atom stereocenters. The van der Waals surface area contributed by atoms with E-state index in [-0.39, 0.29) is 0 Å². The van der Waals surface area contributed by atoms with Gasteiger partial charge in [0, 0.05) is 0 Å².